The summed E-state index contributed by atoms with van der Waals surface area (Å²) in [6.45, 7) is 1.42. The molecule has 22 heavy (non-hydrogen) atoms. The van der Waals surface area contributed by atoms with Crippen LogP contribution in [-0.2, 0) is 9.59 Å². The molecule has 0 saturated carbocycles. The Morgan fingerprint density at radius 1 is 1.00 bits per heavy atom. The Balaban J connectivity index is 1.99. The standard InChI is InChI=1S/C17H16N2O3/c1-12(20)18-14-3-2-4-15(11-14)19-17(22)10-7-13-5-8-16(21)9-6-13/h2-11,21H,1H3,(H,18,20)(H,19,22)/b10-7+. The van der Waals surface area contributed by atoms with Gasteiger partial charge in [-0.05, 0) is 42.0 Å². The third kappa shape index (κ3) is 4.79. The Morgan fingerprint density at radius 3 is 2.27 bits per heavy atom. The van der Waals surface area contributed by atoms with Crippen molar-refractivity contribution in [3.63, 3.8) is 0 Å². The summed E-state index contributed by atoms with van der Waals surface area (Å²) in [6, 6.07) is 13.4. The fourth-order valence-electron chi connectivity index (χ4n) is 1.82. The van der Waals surface area contributed by atoms with Crippen LogP contribution in [0.25, 0.3) is 6.08 Å². The van der Waals surface area contributed by atoms with E-state index in [-0.39, 0.29) is 17.6 Å². The molecule has 0 aliphatic carbocycles. The lowest BCUT2D eigenvalue weighted by Crippen LogP contribution is -2.09. The third-order valence-electron chi connectivity index (χ3n) is 2.77. The van der Waals surface area contributed by atoms with Gasteiger partial charge in [-0.15, -0.1) is 0 Å². The van der Waals surface area contributed by atoms with E-state index in [0.717, 1.165) is 5.56 Å². The molecule has 0 aliphatic rings. The first-order chi connectivity index (χ1) is 10.5. The van der Waals surface area contributed by atoms with Gasteiger partial charge in [0.2, 0.25) is 11.8 Å². The summed E-state index contributed by atoms with van der Waals surface area (Å²) in [5.74, 6) is -0.278. The van der Waals surface area contributed by atoms with Gasteiger partial charge < -0.3 is 15.7 Å². The second-order valence-corrected chi connectivity index (χ2v) is 4.68. The van der Waals surface area contributed by atoms with Gasteiger partial charge in [-0.1, -0.05) is 18.2 Å². The highest BCUT2D eigenvalue weighted by molar-refractivity contribution is 6.02. The van der Waals surface area contributed by atoms with E-state index in [9.17, 15) is 14.7 Å². The van der Waals surface area contributed by atoms with Crippen molar-refractivity contribution in [1.82, 2.24) is 0 Å². The minimum absolute atomic E-state index is 0.171. The van der Waals surface area contributed by atoms with E-state index in [4.69, 9.17) is 0 Å². The largest absolute Gasteiger partial charge is 0.508 e. The minimum atomic E-state index is -0.284. The van der Waals surface area contributed by atoms with Crippen molar-refractivity contribution >= 4 is 29.3 Å². The molecule has 0 atom stereocenters. The maximum atomic E-state index is 11.9. The smallest absolute Gasteiger partial charge is 0.248 e. The fraction of sp³-hybridized carbons (Fsp3) is 0.0588. The molecule has 5 nitrogen and oxygen atoms in total. The van der Waals surface area contributed by atoms with Gasteiger partial charge >= 0.3 is 0 Å². The van der Waals surface area contributed by atoms with Gasteiger partial charge in [-0.25, -0.2) is 0 Å². The van der Waals surface area contributed by atoms with Gasteiger partial charge in [0, 0.05) is 24.4 Å². The quantitative estimate of drug-likeness (QED) is 0.759. The number of nitrogens with one attached hydrogen (secondary N) is 2. The molecular weight excluding hydrogens is 280 g/mol. The van der Waals surface area contributed by atoms with Crippen LogP contribution in [0.1, 0.15) is 12.5 Å². The lowest BCUT2D eigenvalue weighted by Gasteiger charge is -2.06. The fourth-order valence-corrected chi connectivity index (χ4v) is 1.82. The van der Waals surface area contributed by atoms with Gasteiger partial charge in [0.1, 0.15) is 5.75 Å². The number of hydrogen-bond acceptors (Lipinski definition) is 3. The highest BCUT2D eigenvalue weighted by Crippen LogP contribution is 2.15. The van der Waals surface area contributed by atoms with Crippen LogP contribution in [0.3, 0.4) is 0 Å². The molecule has 0 aliphatic heterocycles. The molecule has 0 heterocycles. The van der Waals surface area contributed by atoms with Crippen LogP contribution >= 0.6 is 0 Å². The van der Waals surface area contributed by atoms with Crippen LogP contribution < -0.4 is 10.6 Å². The molecule has 0 unspecified atom stereocenters. The van der Waals surface area contributed by atoms with Crippen LogP contribution in [0.2, 0.25) is 0 Å². The second kappa shape index (κ2) is 7.08. The maximum Gasteiger partial charge on any atom is 0.248 e. The van der Waals surface area contributed by atoms with Crippen molar-refractivity contribution in [2.45, 2.75) is 6.92 Å². The van der Waals surface area contributed by atoms with E-state index in [1.54, 1.807) is 54.6 Å². The van der Waals surface area contributed by atoms with Crippen LogP contribution in [0.15, 0.2) is 54.6 Å². The first-order valence-corrected chi connectivity index (χ1v) is 6.69. The Hall–Kier alpha value is -3.08. The van der Waals surface area contributed by atoms with E-state index >= 15 is 0 Å². The number of amides is 2. The SMILES string of the molecule is CC(=O)Nc1cccc(NC(=O)/C=C/c2ccc(O)cc2)c1. The number of aromatic hydroxyl groups is 1. The predicted molar refractivity (Wildman–Crippen MR) is 86.5 cm³/mol. The molecule has 0 fully saturated rings. The van der Waals surface area contributed by atoms with Gasteiger partial charge in [0.05, 0.1) is 0 Å². The molecule has 0 spiro atoms. The van der Waals surface area contributed by atoms with Crippen molar-refractivity contribution in [1.29, 1.82) is 0 Å². The van der Waals surface area contributed by atoms with Gasteiger partial charge in [-0.2, -0.15) is 0 Å². The molecule has 0 radical (unpaired) electrons. The summed E-state index contributed by atoms with van der Waals surface area (Å²) in [6.07, 6.45) is 3.05. The Bertz CT molecular complexity index is 706. The van der Waals surface area contributed by atoms with E-state index in [0.29, 0.717) is 11.4 Å². The van der Waals surface area contributed by atoms with E-state index in [2.05, 4.69) is 10.6 Å². The highest BCUT2D eigenvalue weighted by atomic mass is 16.3. The number of rotatable bonds is 4. The van der Waals surface area contributed by atoms with Crippen molar-refractivity contribution in [2.75, 3.05) is 10.6 Å². The van der Waals surface area contributed by atoms with Crippen LogP contribution in [0.5, 0.6) is 5.75 Å². The molecule has 0 aromatic heterocycles. The molecular formula is C17H16N2O3. The zero-order valence-electron chi connectivity index (χ0n) is 12.0. The Morgan fingerprint density at radius 2 is 1.64 bits per heavy atom. The van der Waals surface area contributed by atoms with Crippen LogP contribution in [0, 0.1) is 0 Å². The van der Waals surface area contributed by atoms with E-state index in [1.807, 2.05) is 0 Å². The molecule has 2 rings (SSSR count). The number of phenolic OH excluding ortho intramolecular Hbond substituents is 1. The number of hydrogen-bond donors (Lipinski definition) is 3. The normalized spacial score (nSPS) is 10.4. The molecule has 2 aromatic carbocycles. The first-order valence-electron chi connectivity index (χ1n) is 6.69. The summed E-state index contributed by atoms with van der Waals surface area (Å²) < 4.78 is 0. The maximum absolute atomic E-state index is 11.9. The zero-order valence-corrected chi connectivity index (χ0v) is 12.0. The second-order valence-electron chi connectivity index (χ2n) is 4.68. The molecule has 5 heteroatoms. The van der Waals surface area contributed by atoms with Crippen molar-refractivity contribution < 1.29 is 14.7 Å². The topological polar surface area (TPSA) is 78.4 Å². The molecule has 2 amide bonds. The minimum Gasteiger partial charge on any atom is -0.508 e. The van der Waals surface area contributed by atoms with Gasteiger partial charge in [0.25, 0.3) is 0 Å². The molecule has 112 valence electrons. The highest BCUT2D eigenvalue weighted by Gasteiger charge is 2.00. The summed E-state index contributed by atoms with van der Waals surface area (Å²) in [4.78, 5) is 22.9. The van der Waals surface area contributed by atoms with Crippen molar-refractivity contribution in [3.8, 4) is 5.75 Å². The summed E-state index contributed by atoms with van der Waals surface area (Å²) in [5, 5.41) is 14.5. The number of carbonyl (C=O) groups excluding carboxylic acids is 2. The lowest BCUT2D eigenvalue weighted by molar-refractivity contribution is -0.114. The lowest BCUT2D eigenvalue weighted by atomic mass is 10.2. The van der Waals surface area contributed by atoms with Crippen molar-refractivity contribution in [2.24, 2.45) is 0 Å². The predicted octanol–water partition coefficient (Wildman–Crippen LogP) is 3.00. The van der Waals surface area contributed by atoms with Gasteiger partial charge in [-0.3, -0.25) is 9.59 Å². The summed E-state index contributed by atoms with van der Waals surface area (Å²) in [7, 11) is 0. The molecule has 2 aromatic rings. The van der Waals surface area contributed by atoms with Crippen LogP contribution in [-0.4, -0.2) is 16.9 Å². The number of benzene rings is 2. The number of anilines is 2. The Labute approximate surface area is 128 Å². The monoisotopic (exact) mass is 296 g/mol. The van der Waals surface area contributed by atoms with Gasteiger partial charge in [0.15, 0.2) is 0 Å². The van der Waals surface area contributed by atoms with Crippen molar-refractivity contribution in [3.05, 3.63) is 60.2 Å². The molecule has 0 bridgehead atoms. The number of phenols is 1. The average Bonchev–Trinajstić information content (AvgIpc) is 2.46. The average molecular weight is 296 g/mol. The molecule has 0 saturated heterocycles. The third-order valence-corrected chi connectivity index (χ3v) is 2.77. The van der Waals surface area contributed by atoms with Crippen LogP contribution in [0.4, 0.5) is 11.4 Å². The zero-order chi connectivity index (χ0) is 15.9. The number of carbonyl (C=O) groups is 2. The summed E-state index contributed by atoms with van der Waals surface area (Å²) >= 11 is 0. The first kappa shape index (κ1) is 15.3. The summed E-state index contributed by atoms with van der Waals surface area (Å²) in [5.41, 5.74) is 2.01. The van der Waals surface area contributed by atoms with E-state index in [1.165, 1.54) is 13.0 Å². The molecule has 3 N–H and O–H groups in total. The van der Waals surface area contributed by atoms with E-state index < -0.39 is 0 Å². The Kier molecular flexibility index (Phi) is 4.93.